The monoisotopic (exact) mass is 447 g/mol. The van der Waals surface area contributed by atoms with Gasteiger partial charge in [-0.15, -0.1) is 0 Å². The molecular weight excluding hydrogens is 418 g/mol. The smallest absolute Gasteiger partial charge is 0.244 e. The average Bonchev–Trinajstić information content (AvgIpc) is 2.75. The van der Waals surface area contributed by atoms with E-state index in [0.29, 0.717) is 11.4 Å². The van der Waals surface area contributed by atoms with E-state index in [-0.39, 0.29) is 12.5 Å². The summed E-state index contributed by atoms with van der Waals surface area (Å²) >= 11 is 0. The van der Waals surface area contributed by atoms with Crippen molar-refractivity contribution in [2.45, 2.75) is 26.4 Å². The van der Waals surface area contributed by atoms with Crippen molar-refractivity contribution in [2.24, 2.45) is 0 Å². The second-order valence-corrected chi connectivity index (χ2v) is 9.17. The zero-order chi connectivity index (χ0) is 23.2. The van der Waals surface area contributed by atoms with Crippen molar-refractivity contribution in [1.82, 2.24) is 10.2 Å². The molecule has 0 aromatic heterocycles. The van der Waals surface area contributed by atoms with E-state index < -0.39 is 28.5 Å². The topological polar surface area (TPSA) is 96.0 Å². The number of nitrogens with one attached hydrogen (secondary N) is 1. The van der Waals surface area contributed by atoms with E-state index in [1.165, 1.54) is 19.1 Å². The molecule has 2 rings (SSSR count). The van der Waals surface area contributed by atoms with Crippen molar-refractivity contribution in [3.63, 3.8) is 0 Å². The summed E-state index contributed by atoms with van der Waals surface area (Å²) in [6, 6.07) is 13.2. The SMILES string of the molecule is CNC(=O)C(C)N(Cc1ccc(C)cc1)C(=O)CN(c1ccc(OC)cc1)S(C)(=O)=O. The summed E-state index contributed by atoms with van der Waals surface area (Å²) in [6.45, 7) is 3.31. The Bertz CT molecular complexity index is 1000. The highest BCUT2D eigenvalue weighted by Crippen LogP contribution is 2.22. The third-order valence-corrected chi connectivity index (χ3v) is 6.07. The average molecular weight is 448 g/mol. The van der Waals surface area contributed by atoms with Gasteiger partial charge in [-0.1, -0.05) is 29.8 Å². The molecule has 0 spiro atoms. The number of hydrogen-bond donors (Lipinski definition) is 1. The quantitative estimate of drug-likeness (QED) is 0.634. The Kier molecular flexibility index (Phi) is 8.04. The number of methoxy groups -OCH3 is 1. The molecule has 2 aromatic rings. The van der Waals surface area contributed by atoms with Crippen molar-refractivity contribution in [1.29, 1.82) is 0 Å². The predicted molar refractivity (Wildman–Crippen MR) is 120 cm³/mol. The van der Waals surface area contributed by atoms with Gasteiger partial charge in [-0.25, -0.2) is 8.42 Å². The van der Waals surface area contributed by atoms with Crippen LogP contribution in [-0.2, 0) is 26.2 Å². The molecule has 31 heavy (non-hydrogen) atoms. The largest absolute Gasteiger partial charge is 0.497 e. The maximum Gasteiger partial charge on any atom is 0.244 e. The fourth-order valence-corrected chi connectivity index (χ4v) is 3.89. The molecule has 0 aliphatic heterocycles. The normalized spacial score (nSPS) is 12.0. The number of benzene rings is 2. The molecule has 0 aliphatic carbocycles. The first-order valence-electron chi connectivity index (χ1n) is 9.75. The first-order valence-corrected chi connectivity index (χ1v) is 11.6. The third kappa shape index (κ3) is 6.45. The van der Waals surface area contributed by atoms with Crippen LogP contribution < -0.4 is 14.4 Å². The van der Waals surface area contributed by atoms with Crippen molar-refractivity contribution in [2.75, 3.05) is 31.3 Å². The van der Waals surface area contributed by atoms with E-state index in [1.807, 2.05) is 31.2 Å². The number of nitrogens with zero attached hydrogens (tertiary/aromatic N) is 2. The highest BCUT2D eigenvalue weighted by atomic mass is 32.2. The van der Waals surface area contributed by atoms with Crippen LogP contribution in [0.2, 0.25) is 0 Å². The van der Waals surface area contributed by atoms with E-state index in [9.17, 15) is 18.0 Å². The first kappa shape index (κ1) is 24.2. The number of carbonyl (C=O) groups is 2. The molecule has 0 radical (unpaired) electrons. The van der Waals surface area contributed by atoms with Crippen LogP contribution in [0.25, 0.3) is 0 Å². The minimum absolute atomic E-state index is 0.175. The van der Waals surface area contributed by atoms with Gasteiger partial charge in [0, 0.05) is 13.6 Å². The molecule has 1 atom stereocenters. The minimum atomic E-state index is -3.75. The molecule has 168 valence electrons. The van der Waals surface area contributed by atoms with Gasteiger partial charge in [0.05, 0.1) is 19.1 Å². The van der Waals surface area contributed by atoms with E-state index in [4.69, 9.17) is 4.74 Å². The van der Waals surface area contributed by atoms with Gasteiger partial charge < -0.3 is 15.0 Å². The van der Waals surface area contributed by atoms with Gasteiger partial charge in [-0.05, 0) is 43.7 Å². The number of carbonyl (C=O) groups excluding carboxylic acids is 2. The summed E-state index contributed by atoms with van der Waals surface area (Å²) in [7, 11) is -0.748. The van der Waals surface area contributed by atoms with E-state index in [0.717, 1.165) is 21.7 Å². The van der Waals surface area contributed by atoms with Gasteiger partial charge >= 0.3 is 0 Å². The molecule has 0 fully saturated rings. The van der Waals surface area contributed by atoms with Gasteiger partial charge in [0.15, 0.2) is 0 Å². The van der Waals surface area contributed by atoms with Crippen LogP contribution in [0.3, 0.4) is 0 Å². The highest BCUT2D eigenvalue weighted by Gasteiger charge is 2.29. The number of rotatable bonds is 9. The predicted octanol–water partition coefficient (Wildman–Crippen LogP) is 1.93. The zero-order valence-corrected chi connectivity index (χ0v) is 19.3. The molecule has 0 heterocycles. The number of ether oxygens (including phenoxy) is 1. The number of sulfonamides is 1. The zero-order valence-electron chi connectivity index (χ0n) is 18.5. The number of hydrogen-bond acceptors (Lipinski definition) is 5. The van der Waals surface area contributed by atoms with Crippen molar-refractivity contribution < 1.29 is 22.7 Å². The second-order valence-electron chi connectivity index (χ2n) is 7.27. The van der Waals surface area contributed by atoms with Crippen LogP contribution >= 0.6 is 0 Å². The van der Waals surface area contributed by atoms with Crippen LogP contribution in [0.15, 0.2) is 48.5 Å². The molecular formula is C22H29N3O5S. The Morgan fingerprint density at radius 3 is 2.13 bits per heavy atom. The Morgan fingerprint density at radius 2 is 1.65 bits per heavy atom. The second kappa shape index (κ2) is 10.3. The maximum absolute atomic E-state index is 13.2. The number of aryl methyl sites for hydroxylation is 1. The van der Waals surface area contributed by atoms with Crippen LogP contribution in [0.1, 0.15) is 18.1 Å². The Labute approximate surface area is 183 Å². The first-order chi connectivity index (χ1) is 14.6. The molecule has 2 aromatic carbocycles. The lowest BCUT2D eigenvalue weighted by Gasteiger charge is -2.31. The molecule has 1 N–H and O–H groups in total. The van der Waals surface area contributed by atoms with E-state index >= 15 is 0 Å². The van der Waals surface area contributed by atoms with Gasteiger partial charge in [-0.2, -0.15) is 0 Å². The van der Waals surface area contributed by atoms with Crippen molar-refractivity contribution in [3.05, 3.63) is 59.7 Å². The van der Waals surface area contributed by atoms with Crippen molar-refractivity contribution >= 4 is 27.5 Å². The summed E-state index contributed by atoms with van der Waals surface area (Å²) in [6.07, 6.45) is 1.04. The summed E-state index contributed by atoms with van der Waals surface area (Å²) in [5.74, 6) is -0.258. The number of likely N-dealkylation sites (N-methyl/N-ethyl adjacent to an activating group) is 1. The van der Waals surface area contributed by atoms with Gasteiger partial charge in [0.1, 0.15) is 18.3 Å². The summed E-state index contributed by atoms with van der Waals surface area (Å²) in [5.41, 5.74) is 2.24. The molecule has 2 amide bonds. The van der Waals surface area contributed by atoms with E-state index in [1.54, 1.807) is 31.2 Å². The fraction of sp³-hybridized carbons (Fsp3) is 0.364. The summed E-state index contributed by atoms with van der Waals surface area (Å²) in [4.78, 5) is 26.9. The highest BCUT2D eigenvalue weighted by molar-refractivity contribution is 7.92. The molecule has 0 aliphatic rings. The van der Waals surface area contributed by atoms with Gasteiger partial charge in [0.25, 0.3) is 0 Å². The van der Waals surface area contributed by atoms with Crippen LogP contribution in [0, 0.1) is 6.92 Å². The van der Waals surface area contributed by atoms with E-state index in [2.05, 4.69) is 5.32 Å². The van der Waals surface area contributed by atoms with Crippen LogP contribution in [0.5, 0.6) is 5.75 Å². The molecule has 0 bridgehead atoms. The number of amides is 2. The minimum Gasteiger partial charge on any atom is -0.497 e. The third-order valence-electron chi connectivity index (χ3n) is 4.93. The molecule has 8 nitrogen and oxygen atoms in total. The van der Waals surface area contributed by atoms with Crippen LogP contribution in [0.4, 0.5) is 5.69 Å². The van der Waals surface area contributed by atoms with Gasteiger partial charge in [0.2, 0.25) is 21.8 Å². The molecule has 0 saturated heterocycles. The molecule has 9 heteroatoms. The Morgan fingerprint density at radius 1 is 1.06 bits per heavy atom. The number of anilines is 1. The lowest BCUT2D eigenvalue weighted by Crippen LogP contribution is -2.50. The lowest BCUT2D eigenvalue weighted by molar-refractivity contribution is -0.139. The fourth-order valence-electron chi connectivity index (χ4n) is 3.04. The molecule has 1 unspecified atom stereocenters. The van der Waals surface area contributed by atoms with Crippen LogP contribution in [-0.4, -0.2) is 58.1 Å². The van der Waals surface area contributed by atoms with Crippen molar-refractivity contribution in [3.8, 4) is 5.75 Å². The Balaban J connectivity index is 2.35. The maximum atomic E-state index is 13.2. The molecule has 0 saturated carbocycles. The summed E-state index contributed by atoms with van der Waals surface area (Å²) < 4.78 is 31.0. The standard InChI is InChI=1S/C22H29N3O5S/c1-16-6-8-18(9-7-16)14-24(17(2)22(27)23-3)21(26)15-25(31(5,28)29)19-10-12-20(30-4)13-11-19/h6-13,17H,14-15H2,1-5H3,(H,23,27). The lowest BCUT2D eigenvalue weighted by atomic mass is 10.1. The summed E-state index contributed by atoms with van der Waals surface area (Å²) in [5, 5.41) is 2.54. The van der Waals surface area contributed by atoms with Gasteiger partial charge in [-0.3, -0.25) is 13.9 Å². The Hall–Kier alpha value is -3.07.